The zero-order valence-corrected chi connectivity index (χ0v) is 27.4. The van der Waals surface area contributed by atoms with Crippen LogP contribution in [0, 0.1) is 0 Å². The Hall–Kier alpha value is -1.03. The molecule has 0 spiro atoms. The number of rotatable bonds is 29. The van der Waals surface area contributed by atoms with Gasteiger partial charge in [0, 0.05) is 18.4 Å². The van der Waals surface area contributed by atoms with E-state index < -0.39 is 30.5 Å². The highest BCUT2D eigenvalue weighted by atomic mass is 16.5. The molecule has 254 valence electrons. The maximum atomic E-state index is 11.6. The molecule has 8 nitrogen and oxygen atoms in total. The summed E-state index contributed by atoms with van der Waals surface area (Å²) in [5.74, 6) is -0.331. The van der Waals surface area contributed by atoms with Gasteiger partial charge in [-0.3, -0.25) is 0 Å². The van der Waals surface area contributed by atoms with E-state index in [1.54, 1.807) is 13.0 Å². The van der Waals surface area contributed by atoms with Crippen LogP contribution in [0.5, 0.6) is 0 Å². The number of hydrogen-bond donors (Lipinski definition) is 6. The predicted molar refractivity (Wildman–Crippen MR) is 172 cm³/mol. The summed E-state index contributed by atoms with van der Waals surface area (Å²) in [6.07, 6.45) is 17.2. The van der Waals surface area contributed by atoms with E-state index in [2.05, 4.69) is 6.92 Å². The van der Waals surface area contributed by atoms with Gasteiger partial charge < -0.3 is 35.4 Å². The molecule has 0 aliphatic carbocycles. The van der Waals surface area contributed by atoms with E-state index in [-0.39, 0.29) is 31.0 Å². The minimum absolute atomic E-state index is 0.0648. The lowest BCUT2D eigenvalue weighted by atomic mass is 9.96. The smallest absolute Gasteiger partial charge is 0.334 e. The second kappa shape index (κ2) is 25.2. The van der Waals surface area contributed by atoms with Gasteiger partial charge in [0.15, 0.2) is 0 Å². The molecule has 43 heavy (non-hydrogen) atoms. The quantitative estimate of drug-likeness (QED) is 0.0443. The SMILES string of the molecule is CCCCCCCCCCCCC(O)C(O)CC(O)CC(O)CCCCC(O)CCCCC[C@@H](O)CC1=C[C@H](C)OC1=O. The van der Waals surface area contributed by atoms with Gasteiger partial charge in [0.2, 0.25) is 0 Å². The van der Waals surface area contributed by atoms with Crippen LogP contribution in [0.15, 0.2) is 11.6 Å². The van der Waals surface area contributed by atoms with Crippen LogP contribution in [0.1, 0.15) is 162 Å². The molecule has 0 aromatic rings. The molecule has 1 aliphatic rings. The molecule has 1 heterocycles. The van der Waals surface area contributed by atoms with Gasteiger partial charge in [-0.25, -0.2) is 4.79 Å². The standard InChI is InChI=1S/C35H66O8/c1-3-4-5-6-7-8-9-10-11-15-22-33(40)34(41)26-32(39)25-31(38)21-17-16-19-29(36)18-13-12-14-20-30(37)24-28-23-27(2)43-35(28)42/h23,27,29-34,36-41H,3-22,24-26H2,1-2H3/t27-,29?,30+,31?,32?,33?,34?/m0/s1. The Morgan fingerprint density at radius 2 is 1.05 bits per heavy atom. The fourth-order valence-electron chi connectivity index (χ4n) is 5.98. The molecular formula is C35H66O8. The molecule has 1 aliphatic heterocycles. The molecule has 0 saturated carbocycles. The van der Waals surface area contributed by atoms with E-state index in [9.17, 15) is 35.4 Å². The zero-order valence-electron chi connectivity index (χ0n) is 27.4. The average molecular weight is 615 g/mol. The Morgan fingerprint density at radius 3 is 1.60 bits per heavy atom. The van der Waals surface area contributed by atoms with Gasteiger partial charge in [0.1, 0.15) is 6.10 Å². The highest BCUT2D eigenvalue weighted by molar-refractivity contribution is 5.90. The average Bonchev–Trinajstić information content (AvgIpc) is 3.27. The Kier molecular flexibility index (Phi) is 23.4. The van der Waals surface area contributed by atoms with Crippen LogP contribution in [0.2, 0.25) is 0 Å². The summed E-state index contributed by atoms with van der Waals surface area (Å²) in [6, 6.07) is 0. The second-order valence-corrected chi connectivity index (χ2v) is 13.1. The van der Waals surface area contributed by atoms with Crippen molar-refractivity contribution in [3.8, 4) is 0 Å². The van der Waals surface area contributed by atoms with Crippen LogP contribution < -0.4 is 0 Å². The van der Waals surface area contributed by atoms with E-state index in [1.165, 1.54) is 44.9 Å². The first-order valence-electron chi connectivity index (χ1n) is 17.6. The van der Waals surface area contributed by atoms with Gasteiger partial charge in [0.25, 0.3) is 0 Å². The van der Waals surface area contributed by atoms with Gasteiger partial charge in [0.05, 0.1) is 36.6 Å². The molecule has 0 bridgehead atoms. The zero-order chi connectivity index (χ0) is 31.9. The summed E-state index contributed by atoms with van der Waals surface area (Å²) in [4.78, 5) is 11.6. The highest BCUT2D eigenvalue weighted by Gasteiger charge is 2.24. The van der Waals surface area contributed by atoms with Crippen molar-refractivity contribution in [3.05, 3.63) is 11.6 Å². The lowest BCUT2D eigenvalue weighted by Gasteiger charge is -2.22. The number of aliphatic hydroxyl groups is 6. The Morgan fingerprint density at radius 1 is 0.581 bits per heavy atom. The molecule has 6 N–H and O–H groups in total. The molecular weight excluding hydrogens is 548 g/mol. The third-order valence-corrected chi connectivity index (χ3v) is 8.70. The van der Waals surface area contributed by atoms with Gasteiger partial charge in [-0.15, -0.1) is 0 Å². The molecule has 8 heteroatoms. The monoisotopic (exact) mass is 614 g/mol. The van der Waals surface area contributed by atoms with Gasteiger partial charge in [-0.2, -0.15) is 0 Å². The second-order valence-electron chi connectivity index (χ2n) is 13.1. The van der Waals surface area contributed by atoms with E-state index >= 15 is 0 Å². The molecule has 0 aromatic heterocycles. The molecule has 0 amide bonds. The van der Waals surface area contributed by atoms with Crippen LogP contribution in [-0.2, 0) is 9.53 Å². The summed E-state index contributed by atoms with van der Waals surface area (Å²) in [6.45, 7) is 4.03. The summed E-state index contributed by atoms with van der Waals surface area (Å²) in [5.41, 5.74) is 0.557. The topological polar surface area (TPSA) is 148 Å². The van der Waals surface area contributed by atoms with E-state index in [1.807, 2.05) is 0 Å². The van der Waals surface area contributed by atoms with Crippen molar-refractivity contribution in [3.63, 3.8) is 0 Å². The molecule has 1 rings (SSSR count). The first kappa shape index (κ1) is 40.0. The number of aliphatic hydroxyl groups excluding tert-OH is 6. The van der Waals surface area contributed by atoms with Crippen LogP contribution in [0.4, 0.5) is 0 Å². The number of esters is 1. The summed E-state index contributed by atoms with van der Waals surface area (Å²) >= 11 is 0. The molecule has 0 saturated heterocycles. The Balaban J connectivity index is 1.99. The summed E-state index contributed by atoms with van der Waals surface area (Å²) < 4.78 is 5.05. The van der Waals surface area contributed by atoms with E-state index in [4.69, 9.17) is 4.74 Å². The molecule has 7 atom stereocenters. The fourth-order valence-corrected chi connectivity index (χ4v) is 5.98. The van der Waals surface area contributed by atoms with E-state index in [0.717, 1.165) is 51.4 Å². The van der Waals surface area contributed by atoms with Crippen molar-refractivity contribution in [2.24, 2.45) is 0 Å². The van der Waals surface area contributed by atoms with Crippen LogP contribution in [0.3, 0.4) is 0 Å². The normalized spacial score (nSPS) is 19.5. The third kappa shape index (κ3) is 21.4. The number of ether oxygens (including phenoxy) is 1. The number of carbonyl (C=O) groups excluding carboxylic acids is 1. The molecule has 5 unspecified atom stereocenters. The summed E-state index contributed by atoms with van der Waals surface area (Å²) in [5, 5.41) is 61.5. The largest absolute Gasteiger partial charge is 0.455 e. The molecule has 0 radical (unpaired) electrons. The van der Waals surface area contributed by atoms with Crippen molar-refractivity contribution in [2.75, 3.05) is 0 Å². The van der Waals surface area contributed by atoms with Gasteiger partial charge in [-0.1, -0.05) is 103 Å². The lowest BCUT2D eigenvalue weighted by molar-refractivity contribution is -0.139. The highest BCUT2D eigenvalue weighted by Crippen LogP contribution is 2.21. The van der Waals surface area contributed by atoms with Gasteiger partial charge in [-0.05, 0) is 51.5 Å². The molecule has 0 fully saturated rings. The van der Waals surface area contributed by atoms with Crippen molar-refractivity contribution >= 4 is 5.97 Å². The lowest BCUT2D eigenvalue weighted by Crippen LogP contribution is -2.31. The first-order valence-corrected chi connectivity index (χ1v) is 17.6. The minimum Gasteiger partial charge on any atom is -0.455 e. The van der Waals surface area contributed by atoms with E-state index in [0.29, 0.717) is 44.1 Å². The number of hydrogen-bond acceptors (Lipinski definition) is 8. The fraction of sp³-hybridized carbons (Fsp3) is 0.914. The number of carbonyl (C=O) groups is 1. The van der Waals surface area contributed by atoms with Crippen molar-refractivity contribution in [1.29, 1.82) is 0 Å². The predicted octanol–water partition coefficient (Wildman–Crippen LogP) is 6.02. The van der Waals surface area contributed by atoms with Gasteiger partial charge >= 0.3 is 5.97 Å². The maximum absolute atomic E-state index is 11.6. The Bertz CT molecular complexity index is 714. The van der Waals surface area contributed by atoms with Crippen molar-refractivity contribution < 1.29 is 40.2 Å². The maximum Gasteiger partial charge on any atom is 0.334 e. The number of cyclic esters (lactones) is 1. The van der Waals surface area contributed by atoms with Crippen LogP contribution >= 0.6 is 0 Å². The van der Waals surface area contributed by atoms with Crippen molar-refractivity contribution in [1.82, 2.24) is 0 Å². The Labute approximate surface area is 261 Å². The van der Waals surface area contributed by atoms with Crippen LogP contribution in [-0.4, -0.2) is 79.3 Å². The van der Waals surface area contributed by atoms with Crippen molar-refractivity contribution in [2.45, 2.75) is 204 Å². The van der Waals surface area contributed by atoms with Crippen LogP contribution in [0.25, 0.3) is 0 Å². The summed E-state index contributed by atoms with van der Waals surface area (Å²) in [7, 11) is 0. The third-order valence-electron chi connectivity index (χ3n) is 8.70. The first-order chi connectivity index (χ1) is 20.6. The molecule has 0 aromatic carbocycles. The minimum atomic E-state index is -0.980. The number of unbranched alkanes of at least 4 members (excludes halogenated alkanes) is 12.